The number of carbonyl (C=O) groups excluding carboxylic acids is 2. The Bertz CT molecular complexity index is 1160. The number of amides is 2. The maximum atomic E-state index is 12.8. The van der Waals surface area contributed by atoms with Gasteiger partial charge in [0.1, 0.15) is 5.69 Å². The number of nitro groups is 1. The summed E-state index contributed by atoms with van der Waals surface area (Å²) in [4.78, 5) is 34.2. The molecule has 1 heterocycles. The van der Waals surface area contributed by atoms with Crippen molar-refractivity contribution in [2.75, 3.05) is 17.2 Å². The van der Waals surface area contributed by atoms with Gasteiger partial charge in [-0.05, 0) is 42.0 Å². The highest BCUT2D eigenvalue weighted by Gasteiger charge is 2.33. The van der Waals surface area contributed by atoms with Gasteiger partial charge in [-0.15, -0.1) is 0 Å². The van der Waals surface area contributed by atoms with Crippen LogP contribution in [-0.2, 0) is 17.5 Å². The second-order valence-corrected chi connectivity index (χ2v) is 7.07. The Morgan fingerprint density at radius 1 is 1.06 bits per heavy atom. The average Bonchev–Trinajstić information content (AvgIpc) is 3.33. The predicted molar refractivity (Wildman–Crippen MR) is 116 cm³/mol. The lowest BCUT2D eigenvalue weighted by Gasteiger charge is -2.11. The van der Waals surface area contributed by atoms with Gasteiger partial charge < -0.3 is 20.4 Å². The Kier molecular flexibility index (Phi) is 7.51. The summed E-state index contributed by atoms with van der Waals surface area (Å²) >= 11 is 0. The van der Waals surface area contributed by atoms with Crippen LogP contribution in [-0.4, -0.2) is 23.3 Å². The van der Waals surface area contributed by atoms with Crippen LogP contribution >= 0.6 is 0 Å². The number of benzene rings is 2. The van der Waals surface area contributed by atoms with Crippen molar-refractivity contribution in [2.24, 2.45) is 0 Å². The fraction of sp³-hybridized carbons (Fsp3) is 0.182. The zero-order valence-electron chi connectivity index (χ0n) is 17.5. The predicted octanol–water partition coefficient (Wildman–Crippen LogP) is 4.58. The highest BCUT2D eigenvalue weighted by Crippen LogP contribution is 2.34. The molecule has 0 bridgehead atoms. The van der Waals surface area contributed by atoms with Gasteiger partial charge in [-0.1, -0.05) is 12.1 Å². The number of nitrogens with one attached hydrogen (secondary N) is 3. The van der Waals surface area contributed by atoms with Crippen molar-refractivity contribution < 1.29 is 32.1 Å². The lowest BCUT2D eigenvalue weighted by molar-refractivity contribution is -0.384. The van der Waals surface area contributed by atoms with Crippen molar-refractivity contribution in [2.45, 2.75) is 19.1 Å². The van der Waals surface area contributed by atoms with Crippen LogP contribution in [0.25, 0.3) is 0 Å². The van der Waals surface area contributed by atoms with Gasteiger partial charge >= 0.3 is 6.18 Å². The summed E-state index contributed by atoms with van der Waals surface area (Å²) in [5.41, 5.74) is -0.670. The molecule has 0 atom stereocenters. The van der Waals surface area contributed by atoms with E-state index in [1.807, 2.05) is 0 Å². The summed E-state index contributed by atoms with van der Waals surface area (Å²) in [5, 5.41) is 19.0. The van der Waals surface area contributed by atoms with Gasteiger partial charge in [0.25, 0.3) is 11.6 Å². The van der Waals surface area contributed by atoms with Crippen molar-refractivity contribution >= 4 is 28.9 Å². The van der Waals surface area contributed by atoms with Crippen LogP contribution in [0.4, 0.5) is 30.2 Å². The average molecular weight is 476 g/mol. The second kappa shape index (κ2) is 10.5. The minimum Gasteiger partial charge on any atom is -0.459 e. The standard InChI is InChI=1S/C22H19F3N4O5/c23-22(24,25)15-5-8-17(18(12-15)29(32)33)26-10-9-20(30)27-13-14-3-6-16(7-4-14)28-21(31)19-2-1-11-34-19/h1-8,11-12,26H,9-10,13H2,(H,27,30)(H,28,31). The van der Waals surface area contributed by atoms with Gasteiger partial charge in [-0.2, -0.15) is 13.2 Å². The number of alkyl halides is 3. The Morgan fingerprint density at radius 2 is 1.79 bits per heavy atom. The Morgan fingerprint density at radius 3 is 2.41 bits per heavy atom. The molecular weight excluding hydrogens is 457 g/mol. The first kappa shape index (κ1) is 24.3. The number of nitrogens with zero attached hydrogens (tertiary/aromatic N) is 1. The van der Waals surface area contributed by atoms with Crippen LogP contribution in [0.15, 0.2) is 65.3 Å². The summed E-state index contributed by atoms with van der Waals surface area (Å²) in [6, 6.07) is 12.0. The number of hydrogen-bond donors (Lipinski definition) is 3. The maximum absolute atomic E-state index is 12.8. The molecule has 0 saturated carbocycles. The van der Waals surface area contributed by atoms with E-state index in [2.05, 4.69) is 16.0 Å². The van der Waals surface area contributed by atoms with Crippen LogP contribution < -0.4 is 16.0 Å². The fourth-order valence-corrected chi connectivity index (χ4v) is 2.91. The van der Waals surface area contributed by atoms with Gasteiger partial charge in [0.2, 0.25) is 5.91 Å². The molecule has 0 fully saturated rings. The van der Waals surface area contributed by atoms with Gasteiger partial charge in [-0.3, -0.25) is 19.7 Å². The highest BCUT2D eigenvalue weighted by atomic mass is 19.4. The number of halogens is 3. The minimum absolute atomic E-state index is 0.0181. The molecule has 0 aliphatic rings. The molecule has 0 aliphatic heterocycles. The molecule has 3 aromatic rings. The summed E-state index contributed by atoms with van der Waals surface area (Å²) in [5.74, 6) is -0.587. The van der Waals surface area contributed by atoms with Gasteiger partial charge in [0.15, 0.2) is 5.76 Å². The number of hydrogen-bond acceptors (Lipinski definition) is 6. The molecule has 2 amide bonds. The third kappa shape index (κ3) is 6.58. The number of anilines is 2. The van der Waals surface area contributed by atoms with Crippen LogP contribution in [0.1, 0.15) is 28.1 Å². The molecule has 3 rings (SSSR count). The molecule has 9 nitrogen and oxygen atoms in total. The molecule has 0 radical (unpaired) electrons. The third-order valence-electron chi connectivity index (χ3n) is 4.64. The smallest absolute Gasteiger partial charge is 0.416 e. The first-order valence-electron chi connectivity index (χ1n) is 9.93. The van der Waals surface area contributed by atoms with E-state index < -0.39 is 28.3 Å². The molecule has 12 heteroatoms. The van der Waals surface area contributed by atoms with E-state index in [-0.39, 0.29) is 36.9 Å². The summed E-state index contributed by atoms with van der Waals surface area (Å²) in [6.45, 7) is 0.182. The number of rotatable bonds is 9. The van der Waals surface area contributed by atoms with E-state index in [4.69, 9.17) is 4.42 Å². The Labute approximate surface area is 191 Å². The number of furan rings is 1. The highest BCUT2D eigenvalue weighted by molar-refractivity contribution is 6.02. The lowest BCUT2D eigenvalue weighted by Crippen LogP contribution is -2.25. The summed E-state index contributed by atoms with van der Waals surface area (Å²) in [6.07, 6.45) is -3.37. The topological polar surface area (TPSA) is 127 Å². The quantitative estimate of drug-likeness (QED) is 0.307. The van der Waals surface area contributed by atoms with Gasteiger partial charge in [-0.25, -0.2) is 0 Å². The number of carbonyl (C=O) groups is 2. The fourth-order valence-electron chi connectivity index (χ4n) is 2.91. The van der Waals surface area contributed by atoms with Crippen LogP contribution in [0.3, 0.4) is 0 Å². The SMILES string of the molecule is O=C(CCNc1ccc(C(F)(F)F)cc1[N+](=O)[O-])NCc1ccc(NC(=O)c2ccco2)cc1. The van der Waals surface area contributed by atoms with Gasteiger partial charge in [0.05, 0.1) is 16.7 Å². The normalized spacial score (nSPS) is 11.0. The first-order chi connectivity index (χ1) is 16.1. The molecule has 0 unspecified atom stereocenters. The zero-order chi connectivity index (χ0) is 24.7. The largest absolute Gasteiger partial charge is 0.459 e. The van der Waals surface area contributed by atoms with E-state index in [9.17, 15) is 32.9 Å². The molecule has 34 heavy (non-hydrogen) atoms. The van der Waals surface area contributed by atoms with Crippen molar-refractivity contribution in [1.82, 2.24) is 5.32 Å². The molecule has 178 valence electrons. The number of nitro benzene ring substituents is 1. The molecule has 0 aliphatic carbocycles. The molecule has 0 saturated heterocycles. The summed E-state index contributed by atoms with van der Waals surface area (Å²) in [7, 11) is 0. The maximum Gasteiger partial charge on any atom is 0.416 e. The van der Waals surface area contributed by atoms with E-state index in [1.54, 1.807) is 30.3 Å². The Hall–Kier alpha value is -4.35. The molecule has 1 aromatic heterocycles. The molecule has 3 N–H and O–H groups in total. The second-order valence-electron chi connectivity index (χ2n) is 7.07. The van der Waals surface area contributed by atoms with E-state index in [0.29, 0.717) is 11.8 Å². The first-order valence-corrected chi connectivity index (χ1v) is 9.93. The zero-order valence-corrected chi connectivity index (χ0v) is 17.5. The van der Waals surface area contributed by atoms with E-state index in [0.717, 1.165) is 17.7 Å². The van der Waals surface area contributed by atoms with Crippen LogP contribution in [0.5, 0.6) is 0 Å². The molecule has 2 aromatic carbocycles. The third-order valence-corrected chi connectivity index (χ3v) is 4.64. The van der Waals surface area contributed by atoms with Crippen LogP contribution in [0.2, 0.25) is 0 Å². The van der Waals surface area contributed by atoms with Crippen molar-refractivity contribution in [3.8, 4) is 0 Å². The van der Waals surface area contributed by atoms with Gasteiger partial charge in [0, 0.05) is 31.3 Å². The lowest BCUT2D eigenvalue weighted by atomic mass is 10.1. The van der Waals surface area contributed by atoms with Crippen molar-refractivity contribution in [3.63, 3.8) is 0 Å². The van der Waals surface area contributed by atoms with Crippen molar-refractivity contribution in [1.29, 1.82) is 0 Å². The molecular formula is C22H19F3N4O5. The van der Waals surface area contributed by atoms with E-state index >= 15 is 0 Å². The van der Waals surface area contributed by atoms with Crippen molar-refractivity contribution in [3.05, 3.63) is 87.9 Å². The summed E-state index contributed by atoms with van der Waals surface area (Å²) < 4.78 is 43.3. The minimum atomic E-state index is -4.70. The molecule has 0 spiro atoms. The Balaban J connectivity index is 1.46. The van der Waals surface area contributed by atoms with E-state index in [1.165, 1.54) is 12.3 Å². The van der Waals surface area contributed by atoms with Crippen LogP contribution in [0, 0.1) is 10.1 Å². The monoisotopic (exact) mass is 476 g/mol.